The summed E-state index contributed by atoms with van der Waals surface area (Å²) >= 11 is 0. The van der Waals surface area contributed by atoms with Crippen molar-refractivity contribution in [1.29, 1.82) is 0 Å². The van der Waals surface area contributed by atoms with Crippen LogP contribution in [0.4, 0.5) is 5.69 Å². The highest BCUT2D eigenvalue weighted by molar-refractivity contribution is 5.93. The molecule has 2 aromatic rings. The van der Waals surface area contributed by atoms with E-state index in [0.29, 0.717) is 17.2 Å². The first kappa shape index (κ1) is 15.9. The molecule has 4 nitrogen and oxygen atoms in total. The zero-order valence-corrected chi connectivity index (χ0v) is 13.1. The molecular weight excluding hydrogens is 278 g/mol. The molecule has 0 aliphatic rings. The van der Waals surface area contributed by atoms with E-state index in [1.54, 1.807) is 0 Å². The van der Waals surface area contributed by atoms with E-state index in [1.807, 2.05) is 69.3 Å². The first-order valence-electron chi connectivity index (χ1n) is 7.29. The molecule has 0 saturated carbocycles. The molecule has 0 heterocycles. The van der Waals surface area contributed by atoms with Crippen LogP contribution < -0.4 is 14.8 Å². The summed E-state index contributed by atoms with van der Waals surface area (Å²) in [6, 6.07) is 14.9. The predicted octanol–water partition coefficient (Wildman–Crippen LogP) is 3.80. The van der Waals surface area contributed by atoms with Gasteiger partial charge in [-0.25, -0.2) is 0 Å². The highest BCUT2D eigenvalue weighted by Gasteiger charge is 2.09. The SMILES string of the molecule is Cc1ccc(OCC(=O)Nc2ccccc2OC(C)C)cc1. The highest BCUT2D eigenvalue weighted by Crippen LogP contribution is 2.24. The monoisotopic (exact) mass is 299 g/mol. The first-order valence-corrected chi connectivity index (χ1v) is 7.29. The summed E-state index contributed by atoms with van der Waals surface area (Å²) in [4.78, 5) is 12.0. The number of benzene rings is 2. The molecule has 0 spiro atoms. The number of amides is 1. The van der Waals surface area contributed by atoms with E-state index in [2.05, 4.69) is 5.32 Å². The van der Waals surface area contributed by atoms with Crippen LogP contribution in [0.1, 0.15) is 19.4 Å². The van der Waals surface area contributed by atoms with Crippen molar-refractivity contribution < 1.29 is 14.3 Å². The van der Waals surface area contributed by atoms with Gasteiger partial charge in [0.25, 0.3) is 5.91 Å². The van der Waals surface area contributed by atoms with Crippen LogP contribution in [-0.2, 0) is 4.79 Å². The lowest BCUT2D eigenvalue weighted by molar-refractivity contribution is -0.118. The minimum atomic E-state index is -0.222. The maximum absolute atomic E-state index is 12.0. The van der Waals surface area contributed by atoms with Gasteiger partial charge in [0.2, 0.25) is 0 Å². The zero-order chi connectivity index (χ0) is 15.9. The van der Waals surface area contributed by atoms with Crippen molar-refractivity contribution in [3.63, 3.8) is 0 Å². The van der Waals surface area contributed by atoms with Crippen LogP contribution in [-0.4, -0.2) is 18.6 Å². The molecule has 1 N–H and O–H groups in total. The summed E-state index contributed by atoms with van der Waals surface area (Å²) in [6.45, 7) is 5.85. The molecule has 0 radical (unpaired) electrons. The van der Waals surface area contributed by atoms with Gasteiger partial charge in [0.05, 0.1) is 11.8 Å². The number of hydrogen-bond donors (Lipinski definition) is 1. The fraction of sp³-hybridized carbons (Fsp3) is 0.278. The molecule has 0 aliphatic heterocycles. The van der Waals surface area contributed by atoms with Gasteiger partial charge in [-0.05, 0) is 45.0 Å². The van der Waals surface area contributed by atoms with Gasteiger partial charge in [0.15, 0.2) is 6.61 Å². The van der Waals surface area contributed by atoms with E-state index in [1.165, 1.54) is 0 Å². The molecule has 2 rings (SSSR count). The molecule has 0 saturated heterocycles. The third kappa shape index (κ3) is 4.81. The van der Waals surface area contributed by atoms with Crippen molar-refractivity contribution in [2.24, 2.45) is 0 Å². The largest absolute Gasteiger partial charge is 0.489 e. The zero-order valence-electron chi connectivity index (χ0n) is 13.1. The lowest BCUT2D eigenvalue weighted by Gasteiger charge is -2.15. The minimum absolute atomic E-state index is 0.0426. The lowest BCUT2D eigenvalue weighted by Crippen LogP contribution is -2.21. The van der Waals surface area contributed by atoms with Gasteiger partial charge in [-0.3, -0.25) is 4.79 Å². The molecular formula is C18H21NO3. The van der Waals surface area contributed by atoms with Crippen molar-refractivity contribution >= 4 is 11.6 Å². The van der Waals surface area contributed by atoms with Gasteiger partial charge in [-0.2, -0.15) is 0 Å². The maximum Gasteiger partial charge on any atom is 0.262 e. The van der Waals surface area contributed by atoms with E-state index in [9.17, 15) is 4.79 Å². The minimum Gasteiger partial charge on any atom is -0.489 e. The Morgan fingerprint density at radius 1 is 1.09 bits per heavy atom. The van der Waals surface area contributed by atoms with Crippen molar-refractivity contribution in [3.05, 3.63) is 54.1 Å². The van der Waals surface area contributed by atoms with E-state index in [-0.39, 0.29) is 18.6 Å². The smallest absolute Gasteiger partial charge is 0.262 e. The normalized spacial score (nSPS) is 10.4. The number of ether oxygens (including phenoxy) is 2. The van der Waals surface area contributed by atoms with Crippen molar-refractivity contribution in [2.75, 3.05) is 11.9 Å². The van der Waals surface area contributed by atoms with Gasteiger partial charge in [-0.1, -0.05) is 29.8 Å². The van der Waals surface area contributed by atoms with E-state index in [0.717, 1.165) is 5.56 Å². The molecule has 1 amide bonds. The van der Waals surface area contributed by atoms with Crippen LogP contribution in [0.15, 0.2) is 48.5 Å². The Kier molecular flexibility index (Phi) is 5.42. The summed E-state index contributed by atoms with van der Waals surface area (Å²) in [5.41, 5.74) is 1.80. The Morgan fingerprint density at radius 3 is 2.45 bits per heavy atom. The van der Waals surface area contributed by atoms with E-state index in [4.69, 9.17) is 9.47 Å². The summed E-state index contributed by atoms with van der Waals surface area (Å²) in [6.07, 6.45) is 0.0434. The second kappa shape index (κ2) is 7.50. The number of nitrogens with one attached hydrogen (secondary N) is 1. The molecule has 22 heavy (non-hydrogen) atoms. The summed E-state index contributed by atoms with van der Waals surface area (Å²) < 4.78 is 11.1. The molecule has 0 aromatic heterocycles. The van der Waals surface area contributed by atoms with Crippen LogP contribution >= 0.6 is 0 Å². The number of rotatable bonds is 6. The number of carbonyl (C=O) groups is 1. The Labute approximate surface area is 131 Å². The van der Waals surface area contributed by atoms with Crippen LogP contribution in [0.3, 0.4) is 0 Å². The summed E-state index contributed by atoms with van der Waals surface area (Å²) in [5.74, 6) is 1.11. The van der Waals surface area contributed by atoms with Crippen LogP contribution in [0.5, 0.6) is 11.5 Å². The Balaban J connectivity index is 1.93. The standard InChI is InChI=1S/C18H21NO3/c1-13(2)22-17-7-5-4-6-16(17)19-18(20)12-21-15-10-8-14(3)9-11-15/h4-11,13H,12H2,1-3H3,(H,19,20). The summed E-state index contributed by atoms with van der Waals surface area (Å²) in [7, 11) is 0. The Hall–Kier alpha value is -2.49. The average Bonchev–Trinajstić information content (AvgIpc) is 2.48. The average molecular weight is 299 g/mol. The van der Waals surface area contributed by atoms with Gasteiger partial charge in [0, 0.05) is 0 Å². The number of carbonyl (C=O) groups excluding carboxylic acids is 1. The predicted molar refractivity (Wildman–Crippen MR) is 87.5 cm³/mol. The molecule has 4 heteroatoms. The summed E-state index contributed by atoms with van der Waals surface area (Å²) in [5, 5.41) is 2.81. The van der Waals surface area contributed by atoms with Crippen LogP contribution in [0.2, 0.25) is 0 Å². The Bertz CT molecular complexity index is 620. The maximum atomic E-state index is 12.0. The van der Waals surface area contributed by atoms with Gasteiger partial charge >= 0.3 is 0 Å². The van der Waals surface area contributed by atoms with E-state index < -0.39 is 0 Å². The van der Waals surface area contributed by atoms with Gasteiger partial charge in [0.1, 0.15) is 11.5 Å². The van der Waals surface area contributed by atoms with Gasteiger partial charge in [-0.15, -0.1) is 0 Å². The first-order chi connectivity index (χ1) is 10.5. The molecule has 0 aliphatic carbocycles. The lowest BCUT2D eigenvalue weighted by atomic mass is 10.2. The third-order valence-corrected chi connectivity index (χ3v) is 2.91. The molecule has 0 unspecified atom stereocenters. The number of hydrogen-bond acceptors (Lipinski definition) is 3. The highest BCUT2D eigenvalue weighted by atomic mass is 16.5. The molecule has 116 valence electrons. The van der Waals surface area contributed by atoms with E-state index >= 15 is 0 Å². The molecule has 2 aromatic carbocycles. The van der Waals surface area contributed by atoms with Crippen molar-refractivity contribution in [1.82, 2.24) is 0 Å². The fourth-order valence-corrected chi connectivity index (χ4v) is 1.90. The second-order valence-corrected chi connectivity index (χ2v) is 5.31. The third-order valence-electron chi connectivity index (χ3n) is 2.91. The van der Waals surface area contributed by atoms with Crippen molar-refractivity contribution in [2.45, 2.75) is 26.9 Å². The Morgan fingerprint density at radius 2 is 1.77 bits per heavy atom. The quantitative estimate of drug-likeness (QED) is 0.882. The van der Waals surface area contributed by atoms with Crippen LogP contribution in [0.25, 0.3) is 0 Å². The van der Waals surface area contributed by atoms with Crippen LogP contribution in [0, 0.1) is 6.92 Å². The number of aryl methyl sites for hydroxylation is 1. The number of anilines is 1. The van der Waals surface area contributed by atoms with Gasteiger partial charge < -0.3 is 14.8 Å². The second-order valence-electron chi connectivity index (χ2n) is 5.31. The molecule has 0 bridgehead atoms. The van der Waals surface area contributed by atoms with Crippen molar-refractivity contribution in [3.8, 4) is 11.5 Å². The topological polar surface area (TPSA) is 47.6 Å². The fourth-order valence-electron chi connectivity index (χ4n) is 1.90. The molecule has 0 fully saturated rings. The number of para-hydroxylation sites is 2. The molecule has 0 atom stereocenters.